The number of amides is 1. The Morgan fingerprint density at radius 3 is 2.13 bits per heavy atom. The molecule has 0 bridgehead atoms. The van der Waals surface area contributed by atoms with Crippen molar-refractivity contribution < 1.29 is 18.4 Å². The van der Waals surface area contributed by atoms with Crippen LogP contribution in [0.2, 0.25) is 0 Å². The molecule has 88 valence electrons. The summed E-state index contributed by atoms with van der Waals surface area (Å²) in [7, 11) is -3.19. The molecule has 0 atom stereocenters. The SMILES string of the molecule is C=C(C)C(=O)NCP(=O)(OCC)OCC. The Balaban J connectivity index is 4.24. The first-order chi connectivity index (χ1) is 6.95. The van der Waals surface area contributed by atoms with Crippen molar-refractivity contribution in [1.29, 1.82) is 0 Å². The lowest BCUT2D eigenvalue weighted by molar-refractivity contribution is -0.117. The van der Waals surface area contributed by atoms with Crippen LogP contribution >= 0.6 is 7.60 Å². The molecule has 1 N–H and O–H groups in total. The van der Waals surface area contributed by atoms with E-state index in [1.165, 1.54) is 0 Å². The van der Waals surface area contributed by atoms with Crippen LogP contribution in [0.3, 0.4) is 0 Å². The Kier molecular flexibility index (Phi) is 6.48. The molecule has 0 unspecified atom stereocenters. The van der Waals surface area contributed by atoms with E-state index in [1.54, 1.807) is 20.8 Å². The van der Waals surface area contributed by atoms with E-state index in [1.807, 2.05) is 0 Å². The molecule has 0 aliphatic rings. The second kappa shape index (κ2) is 6.77. The minimum absolute atomic E-state index is 0.125. The molecule has 1 amide bonds. The Morgan fingerprint density at radius 2 is 1.80 bits per heavy atom. The predicted octanol–water partition coefficient (Wildman–Crippen LogP) is 1.90. The molecule has 0 radical (unpaired) electrons. The van der Waals surface area contributed by atoms with Crippen LogP contribution in [0.1, 0.15) is 20.8 Å². The predicted molar refractivity (Wildman–Crippen MR) is 58.7 cm³/mol. The lowest BCUT2D eigenvalue weighted by atomic mass is 10.3. The Labute approximate surface area is 90.4 Å². The van der Waals surface area contributed by atoms with Crippen LogP contribution in [0, 0.1) is 0 Å². The van der Waals surface area contributed by atoms with E-state index in [2.05, 4.69) is 11.9 Å². The fourth-order valence-corrected chi connectivity index (χ4v) is 2.22. The van der Waals surface area contributed by atoms with Crippen molar-refractivity contribution in [2.75, 3.05) is 19.5 Å². The van der Waals surface area contributed by atoms with Crippen molar-refractivity contribution in [2.45, 2.75) is 20.8 Å². The molecule has 5 nitrogen and oxygen atoms in total. The summed E-state index contributed by atoms with van der Waals surface area (Å²) in [6.45, 7) is 9.02. The van der Waals surface area contributed by atoms with Crippen molar-refractivity contribution in [3.8, 4) is 0 Å². The van der Waals surface area contributed by atoms with Gasteiger partial charge in [-0.3, -0.25) is 9.36 Å². The smallest absolute Gasteiger partial charge is 0.341 e. The van der Waals surface area contributed by atoms with E-state index in [-0.39, 0.29) is 25.4 Å². The Morgan fingerprint density at radius 1 is 1.33 bits per heavy atom. The molecule has 0 aliphatic carbocycles. The van der Waals surface area contributed by atoms with E-state index < -0.39 is 7.60 Å². The van der Waals surface area contributed by atoms with Crippen LogP contribution in [0.4, 0.5) is 0 Å². The molecule has 0 fully saturated rings. The van der Waals surface area contributed by atoms with Gasteiger partial charge in [-0.25, -0.2) is 0 Å². The van der Waals surface area contributed by atoms with Gasteiger partial charge >= 0.3 is 7.60 Å². The fraction of sp³-hybridized carbons (Fsp3) is 0.667. The zero-order valence-corrected chi connectivity index (χ0v) is 10.3. The van der Waals surface area contributed by atoms with Crippen molar-refractivity contribution in [3.63, 3.8) is 0 Å². The number of hydrogen-bond donors (Lipinski definition) is 1. The zero-order valence-electron chi connectivity index (χ0n) is 9.41. The molecule has 15 heavy (non-hydrogen) atoms. The second-order valence-electron chi connectivity index (χ2n) is 2.89. The van der Waals surface area contributed by atoms with Gasteiger partial charge in [-0.1, -0.05) is 6.58 Å². The highest BCUT2D eigenvalue weighted by atomic mass is 31.2. The van der Waals surface area contributed by atoms with Gasteiger partial charge in [0.2, 0.25) is 5.91 Å². The van der Waals surface area contributed by atoms with Gasteiger partial charge < -0.3 is 14.4 Å². The maximum absolute atomic E-state index is 11.9. The van der Waals surface area contributed by atoms with Gasteiger partial charge in [0.1, 0.15) is 6.29 Å². The number of nitrogens with one attached hydrogen (secondary N) is 1. The Bertz CT molecular complexity index is 267. The van der Waals surface area contributed by atoms with Crippen molar-refractivity contribution in [2.24, 2.45) is 0 Å². The summed E-state index contributed by atoms with van der Waals surface area (Å²) in [5.74, 6) is -0.352. The van der Waals surface area contributed by atoms with Gasteiger partial charge in [0.15, 0.2) is 0 Å². The summed E-state index contributed by atoms with van der Waals surface area (Å²) in [5.41, 5.74) is 0.356. The van der Waals surface area contributed by atoms with Crippen LogP contribution in [0.5, 0.6) is 0 Å². The average Bonchev–Trinajstić information content (AvgIpc) is 2.15. The molecule has 0 aromatic carbocycles. The first-order valence-corrected chi connectivity index (χ1v) is 6.49. The van der Waals surface area contributed by atoms with Crippen LogP contribution in [-0.4, -0.2) is 25.4 Å². The van der Waals surface area contributed by atoms with Crippen molar-refractivity contribution >= 4 is 13.5 Å². The van der Waals surface area contributed by atoms with Crippen molar-refractivity contribution in [1.82, 2.24) is 5.32 Å². The standard InChI is InChI=1S/C9H18NO4P/c1-5-13-15(12,14-6-2)7-10-9(11)8(3)4/h3,5-7H2,1-2,4H3,(H,10,11). The molecule has 0 aliphatic heterocycles. The van der Waals surface area contributed by atoms with E-state index in [4.69, 9.17) is 9.05 Å². The van der Waals surface area contributed by atoms with Gasteiger partial charge in [-0.15, -0.1) is 0 Å². The van der Waals surface area contributed by atoms with E-state index in [9.17, 15) is 9.36 Å². The largest absolute Gasteiger partial charge is 0.349 e. The highest BCUT2D eigenvalue weighted by molar-refractivity contribution is 7.53. The number of rotatable bonds is 7. The lowest BCUT2D eigenvalue weighted by Crippen LogP contribution is -2.25. The normalized spacial score (nSPS) is 11.1. The first-order valence-electron chi connectivity index (χ1n) is 4.77. The summed E-state index contributed by atoms with van der Waals surface area (Å²) in [4.78, 5) is 11.2. The van der Waals surface area contributed by atoms with Gasteiger partial charge in [0.25, 0.3) is 0 Å². The maximum Gasteiger partial charge on any atom is 0.349 e. The molecule has 0 heterocycles. The second-order valence-corrected chi connectivity index (χ2v) is 4.95. The van der Waals surface area contributed by atoms with Crippen molar-refractivity contribution in [3.05, 3.63) is 12.2 Å². The molecule has 0 saturated carbocycles. The summed E-state index contributed by atoms with van der Waals surface area (Å²) in [6.07, 6.45) is -0.125. The number of carbonyl (C=O) groups excluding carboxylic acids is 1. The van der Waals surface area contributed by atoms with Crippen LogP contribution < -0.4 is 5.32 Å². The first kappa shape index (κ1) is 14.4. The van der Waals surface area contributed by atoms with Gasteiger partial charge in [-0.05, 0) is 20.8 Å². The van der Waals surface area contributed by atoms with Crippen LogP contribution in [-0.2, 0) is 18.4 Å². The van der Waals surface area contributed by atoms with E-state index >= 15 is 0 Å². The molecule has 0 spiro atoms. The number of hydrogen-bond acceptors (Lipinski definition) is 4. The zero-order chi connectivity index (χ0) is 11.9. The van der Waals surface area contributed by atoms with Gasteiger partial charge in [0.05, 0.1) is 13.2 Å². The van der Waals surface area contributed by atoms with Crippen LogP contribution in [0.15, 0.2) is 12.2 Å². The molecule has 0 saturated heterocycles. The minimum Gasteiger partial charge on any atom is -0.341 e. The topological polar surface area (TPSA) is 64.6 Å². The molecular weight excluding hydrogens is 217 g/mol. The van der Waals surface area contributed by atoms with Gasteiger partial charge in [-0.2, -0.15) is 0 Å². The molecule has 0 aromatic heterocycles. The summed E-state index contributed by atoms with van der Waals surface area (Å²) in [6, 6.07) is 0. The highest BCUT2D eigenvalue weighted by Gasteiger charge is 2.24. The van der Waals surface area contributed by atoms with Gasteiger partial charge in [0, 0.05) is 5.57 Å². The maximum atomic E-state index is 11.9. The lowest BCUT2D eigenvalue weighted by Gasteiger charge is -2.17. The van der Waals surface area contributed by atoms with E-state index in [0.29, 0.717) is 5.57 Å². The summed E-state index contributed by atoms with van der Waals surface area (Å²) < 4.78 is 21.8. The summed E-state index contributed by atoms with van der Waals surface area (Å²) >= 11 is 0. The monoisotopic (exact) mass is 235 g/mol. The third kappa shape index (κ3) is 5.72. The van der Waals surface area contributed by atoms with E-state index in [0.717, 1.165) is 0 Å². The average molecular weight is 235 g/mol. The summed E-state index contributed by atoms with van der Waals surface area (Å²) in [5, 5.41) is 2.44. The minimum atomic E-state index is -3.19. The fourth-order valence-electron chi connectivity index (χ4n) is 0.841. The quantitative estimate of drug-likeness (QED) is 0.540. The number of carbonyl (C=O) groups is 1. The highest BCUT2D eigenvalue weighted by Crippen LogP contribution is 2.46. The van der Waals surface area contributed by atoms with Crippen LogP contribution in [0.25, 0.3) is 0 Å². The molecule has 0 aromatic rings. The Hall–Kier alpha value is -0.640. The molecule has 6 heteroatoms. The third-order valence-corrected chi connectivity index (χ3v) is 3.32. The molecular formula is C9H18NO4P. The molecule has 0 rings (SSSR count). The third-order valence-electron chi connectivity index (χ3n) is 1.47.